The molecule has 9 nitrogen and oxygen atoms in total. The number of hydrogen-bond donors (Lipinski definition) is 0. The van der Waals surface area contributed by atoms with Crippen LogP contribution in [-0.2, 0) is 22.7 Å². The molecule has 3 heterocycles. The molecule has 9 heteroatoms. The number of aryl methyl sites for hydroxylation is 2. The number of likely N-dealkylation sites (N-methyl/N-ethyl adjacent to an activating group) is 2. The molecule has 0 radical (unpaired) electrons. The predicted octanol–water partition coefficient (Wildman–Crippen LogP) is 9.78. The molecule has 1 saturated heterocycles. The highest BCUT2D eigenvalue weighted by Crippen LogP contribution is 2.41. The topological polar surface area (TPSA) is 86.0 Å². The van der Waals surface area contributed by atoms with Crippen LogP contribution in [0, 0.1) is 11.8 Å². The molecule has 4 amide bonds. The zero-order chi connectivity index (χ0) is 43.5. The molecule has 2 aromatic heterocycles. The molecule has 2 fully saturated rings. The Morgan fingerprint density at radius 3 is 1.56 bits per heavy atom. The maximum atomic E-state index is 14.1. The summed E-state index contributed by atoms with van der Waals surface area (Å²) in [5, 5.41) is 8.78. The van der Waals surface area contributed by atoms with Crippen LogP contribution in [-0.4, -0.2) is 64.1 Å². The zero-order valence-electron chi connectivity index (χ0n) is 36.9. The van der Waals surface area contributed by atoms with Gasteiger partial charge in [0.15, 0.2) is 0 Å². The Hall–Kier alpha value is -6.53. The Morgan fingerprint density at radius 2 is 1.08 bits per heavy atom. The normalized spacial score (nSPS) is 16.8. The number of barbiturate groups is 1. The van der Waals surface area contributed by atoms with Gasteiger partial charge in [-0.25, -0.2) is 4.79 Å². The van der Waals surface area contributed by atoms with Gasteiger partial charge in [-0.1, -0.05) is 94.5 Å². The molecular weight excluding hydrogens is 773 g/mol. The number of carbonyl (C=O) groups excluding carboxylic acids is 3. The van der Waals surface area contributed by atoms with Crippen LogP contribution in [0.1, 0.15) is 79.1 Å². The number of amides is 4. The molecule has 4 aromatic carbocycles. The lowest BCUT2D eigenvalue weighted by atomic mass is 9.95. The number of urea groups is 1. The van der Waals surface area contributed by atoms with Gasteiger partial charge in [0, 0.05) is 81.2 Å². The largest absolute Gasteiger partial charge is 0.493 e. The summed E-state index contributed by atoms with van der Waals surface area (Å²) in [6, 6.07) is 20.5. The summed E-state index contributed by atoms with van der Waals surface area (Å²) >= 11 is 0. The van der Waals surface area contributed by atoms with Crippen molar-refractivity contribution >= 4 is 73.3 Å². The predicted molar refractivity (Wildman–Crippen MR) is 251 cm³/mol. The fourth-order valence-corrected chi connectivity index (χ4v) is 9.17. The minimum absolute atomic E-state index is 0.0199. The molecule has 0 bridgehead atoms. The smallest absolute Gasteiger partial charge is 0.333 e. The van der Waals surface area contributed by atoms with Gasteiger partial charge < -0.3 is 18.6 Å². The number of benzene rings is 4. The molecule has 1 aliphatic heterocycles. The summed E-state index contributed by atoms with van der Waals surface area (Å²) in [5.41, 5.74) is 4.66. The first kappa shape index (κ1) is 42.2. The second-order valence-corrected chi connectivity index (χ2v) is 16.3. The third-order valence-corrected chi connectivity index (χ3v) is 12.4. The van der Waals surface area contributed by atoms with Crippen LogP contribution in [0.5, 0.6) is 11.5 Å². The fraction of sp³-hybridized carbons (Fsp3) is 0.340. The van der Waals surface area contributed by atoms with E-state index < -0.39 is 17.8 Å². The van der Waals surface area contributed by atoms with Crippen LogP contribution in [0.2, 0.25) is 0 Å². The molecule has 318 valence electrons. The van der Waals surface area contributed by atoms with Crippen molar-refractivity contribution < 1.29 is 23.9 Å². The van der Waals surface area contributed by atoms with Gasteiger partial charge in [0.1, 0.15) is 23.7 Å². The quantitative estimate of drug-likeness (QED) is 0.0473. The third-order valence-electron chi connectivity index (χ3n) is 12.4. The maximum absolute atomic E-state index is 14.1. The summed E-state index contributed by atoms with van der Waals surface area (Å²) in [6.45, 7) is 11.0. The van der Waals surface area contributed by atoms with Gasteiger partial charge in [0.05, 0.1) is 6.61 Å². The minimum atomic E-state index is -0.641. The van der Waals surface area contributed by atoms with Crippen LogP contribution < -0.4 is 20.2 Å². The van der Waals surface area contributed by atoms with Crippen molar-refractivity contribution in [3.8, 4) is 23.3 Å². The van der Waals surface area contributed by atoms with Gasteiger partial charge in [0.25, 0.3) is 11.8 Å². The number of allylic oxidation sites excluding steroid dienone is 5. The van der Waals surface area contributed by atoms with E-state index >= 15 is 0 Å². The average Bonchev–Trinajstić information content (AvgIpc) is 3.93. The van der Waals surface area contributed by atoms with Crippen LogP contribution in [0.25, 0.3) is 55.5 Å². The lowest BCUT2D eigenvalue weighted by molar-refractivity contribution is -0.134. The highest BCUT2D eigenvalue weighted by atomic mass is 16.5. The van der Waals surface area contributed by atoms with E-state index in [1.54, 1.807) is 0 Å². The van der Waals surface area contributed by atoms with E-state index in [1.807, 2.05) is 13.0 Å². The van der Waals surface area contributed by atoms with Gasteiger partial charge in [-0.3, -0.25) is 19.4 Å². The lowest BCUT2D eigenvalue weighted by Gasteiger charge is -2.30. The van der Waals surface area contributed by atoms with Crippen molar-refractivity contribution in [2.24, 2.45) is 0 Å². The SMILES string of the molecule is CC#CCOc1ccc2c3c1cccc3/c(=C\C=C1\CC/C(=C\C=c3/c4cccc5c(OCCCC)ccc(c54)n3CCCC)C1=C1C(=O)N(C)C(=O)N(C)C1=O)n2CCCC. The standard InChI is InChI=1S/C53H56N4O5/c1-7-11-31-56-41(37-17-15-19-39-45(61-33-13-9-3)29-27-43(56)48(37)39)25-23-35-21-22-36(47(35)50-51(58)54(5)53(60)55(6)52(50)59)24-26-42-38-18-16-20-40-46(62-34-14-10-4)30-28-44(49(38)40)57(42)32-12-8-2/h15-20,23-30H,7-9,11-13,21-22,31-34H2,1-6H3/b35-23+,36-24-,41-25+,42-26+. The van der Waals surface area contributed by atoms with E-state index in [4.69, 9.17) is 9.47 Å². The molecule has 8 rings (SSSR count). The number of carbonyl (C=O) groups is 3. The highest BCUT2D eigenvalue weighted by Gasteiger charge is 2.42. The maximum Gasteiger partial charge on any atom is 0.333 e. The van der Waals surface area contributed by atoms with E-state index in [2.05, 4.69) is 121 Å². The van der Waals surface area contributed by atoms with E-state index in [9.17, 15) is 14.4 Å². The first-order chi connectivity index (χ1) is 30.2. The molecule has 0 N–H and O–H groups in total. The average molecular weight is 829 g/mol. The number of hydrogen-bond acceptors (Lipinski definition) is 5. The summed E-state index contributed by atoms with van der Waals surface area (Å²) < 4.78 is 17.2. The van der Waals surface area contributed by atoms with Gasteiger partial charge in [-0.15, -0.1) is 5.92 Å². The van der Waals surface area contributed by atoms with Crippen molar-refractivity contribution in [3.05, 3.63) is 106 Å². The third kappa shape index (κ3) is 7.46. The van der Waals surface area contributed by atoms with Crippen LogP contribution >= 0.6 is 0 Å². The zero-order valence-corrected chi connectivity index (χ0v) is 36.9. The minimum Gasteiger partial charge on any atom is -0.493 e. The molecule has 2 aliphatic rings. The van der Waals surface area contributed by atoms with E-state index in [-0.39, 0.29) is 5.57 Å². The fourth-order valence-electron chi connectivity index (χ4n) is 9.17. The van der Waals surface area contributed by atoms with Gasteiger partial charge >= 0.3 is 6.03 Å². The van der Waals surface area contributed by atoms with E-state index in [1.165, 1.54) is 19.5 Å². The number of ether oxygens (including phenoxy) is 2. The molecule has 0 unspecified atom stereocenters. The number of nitrogens with zero attached hydrogens (tertiary/aromatic N) is 4. The van der Waals surface area contributed by atoms with Crippen molar-refractivity contribution in [2.75, 3.05) is 27.3 Å². The van der Waals surface area contributed by atoms with Crippen LogP contribution in [0.3, 0.4) is 0 Å². The van der Waals surface area contributed by atoms with Crippen LogP contribution in [0.15, 0.2) is 95.1 Å². The second kappa shape index (κ2) is 18.2. The number of unbranched alkanes of at least 4 members (excludes halogenated alkanes) is 3. The highest BCUT2D eigenvalue weighted by molar-refractivity contribution is 6.29. The van der Waals surface area contributed by atoms with Gasteiger partial charge in [-0.2, -0.15) is 0 Å². The molecular formula is C53H56N4O5. The Bertz CT molecular complexity index is 2990. The lowest BCUT2D eigenvalue weighted by Crippen LogP contribution is -2.53. The second-order valence-electron chi connectivity index (χ2n) is 16.3. The molecule has 1 saturated carbocycles. The number of rotatable bonds is 14. The first-order valence-electron chi connectivity index (χ1n) is 22.2. The Kier molecular flexibility index (Phi) is 12.4. The summed E-state index contributed by atoms with van der Waals surface area (Å²) in [4.78, 5) is 43.3. The summed E-state index contributed by atoms with van der Waals surface area (Å²) in [7, 11) is 2.88. The Balaban J connectivity index is 1.33. The molecule has 0 atom stereocenters. The van der Waals surface area contributed by atoms with Crippen molar-refractivity contribution in [3.63, 3.8) is 0 Å². The van der Waals surface area contributed by atoms with E-state index in [0.29, 0.717) is 31.6 Å². The van der Waals surface area contributed by atoms with Crippen molar-refractivity contribution in [1.82, 2.24) is 18.9 Å². The molecule has 1 aliphatic carbocycles. The molecule has 62 heavy (non-hydrogen) atoms. The van der Waals surface area contributed by atoms with E-state index in [0.717, 1.165) is 133 Å². The molecule has 6 aromatic rings. The molecule has 0 spiro atoms. The monoisotopic (exact) mass is 828 g/mol. The van der Waals surface area contributed by atoms with Crippen molar-refractivity contribution in [1.29, 1.82) is 0 Å². The Labute approximate surface area is 363 Å². The van der Waals surface area contributed by atoms with Gasteiger partial charge in [-0.05, 0) is 92.2 Å². The summed E-state index contributed by atoms with van der Waals surface area (Å²) in [5.74, 6) is 6.43. The first-order valence-corrected chi connectivity index (χ1v) is 22.2. The summed E-state index contributed by atoms with van der Waals surface area (Å²) in [6.07, 6.45) is 15.9. The Morgan fingerprint density at radius 1 is 0.597 bits per heavy atom. The van der Waals surface area contributed by atoms with Gasteiger partial charge in [0.2, 0.25) is 0 Å². The van der Waals surface area contributed by atoms with Crippen molar-refractivity contribution in [2.45, 2.75) is 92.2 Å². The van der Waals surface area contributed by atoms with Crippen LogP contribution in [0.4, 0.5) is 4.79 Å². The number of aromatic nitrogens is 2. The number of imide groups is 2.